The zero-order valence-corrected chi connectivity index (χ0v) is 13.5. The molecule has 2 N–H and O–H groups in total. The van der Waals surface area contributed by atoms with Gasteiger partial charge in [0.2, 0.25) is 0 Å². The molecule has 0 bridgehead atoms. The molecule has 2 saturated heterocycles. The summed E-state index contributed by atoms with van der Waals surface area (Å²) in [6.45, 7) is 0.899. The number of ether oxygens (including phenoxy) is 1. The van der Waals surface area contributed by atoms with Crippen LogP contribution in [0, 0.1) is 5.92 Å². The normalized spacial score (nSPS) is 26.6. The van der Waals surface area contributed by atoms with E-state index in [-0.39, 0.29) is 5.60 Å². The molecule has 2 atom stereocenters. The molecule has 1 aromatic rings. The minimum atomic E-state index is 0.153. The predicted molar refractivity (Wildman–Crippen MR) is 88.5 cm³/mol. The molecular weight excluding hydrogens is 280 g/mol. The summed E-state index contributed by atoms with van der Waals surface area (Å²) in [6, 6.07) is 4.44. The lowest BCUT2D eigenvalue weighted by molar-refractivity contribution is -0.105. The molecule has 3 nitrogen and oxygen atoms in total. The molecule has 3 heterocycles. The summed E-state index contributed by atoms with van der Waals surface area (Å²) in [4.78, 5) is 4.18. The van der Waals surface area contributed by atoms with Crippen molar-refractivity contribution in [1.29, 1.82) is 0 Å². The molecular formula is C17H26N2OS. The van der Waals surface area contributed by atoms with Gasteiger partial charge in [-0.05, 0) is 67.6 Å². The standard InChI is InChI=1S/C17H26N2OS/c18-16(4-3-14-2-1-8-19-13-14)15-5-9-20-17(12-15)6-10-21-11-7-17/h1-2,8,13,15-16H,3-7,9-12,18H2. The molecule has 2 unspecified atom stereocenters. The Morgan fingerprint density at radius 3 is 3.05 bits per heavy atom. The molecule has 1 spiro atoms. The Kier molecular flexibility index (Phi) is 5.19. The van der Waals surface area contributed by atoms with Crippen molar-refractivity contribution < 1.29 is 4.74 Å². The van der Waals surface area contributed by atoms with E-state index < -0.39 is 0 Å². The first-order valence-electron chi connectivity index (χ1n) is 8.14. The summed E-state index contributed by atoms with van der Waals surface area (Å²) in [5, 5.41) is 0. The highest BCUT2D eigenvalue weighted by Crippen LogP contribution is 2.40. The fraction of sp³-hybridized carbons (Fsp3) is 0.706. The van der Waals surface area contributed by atoms with Crippen molar-refractivity contribution in [3.63, 3.8) is 0 Å². The van der Waals surface area contributed by atoms with Crippen molar-refractivity contribution >= 4 is 11.8 Å². The lowest BCUT2D eigenvalue weighted by atomic mass is 9.77. The van der Waals surface area contributed by atoms with Crippen molar-refractivity contribution in [2.24, 2.45) is 11.7 Å². The van der Waals surface area contributed by atoms with Gasteiger partial charge >= 0.3 is 0 Å². The average molecular weight is 306 g/mol. The number of aromatic nitrogens is 1. The van der Waals surface area contributed by atoms with Crippen LogP contribution in [0.4, 0.5) is 0 Å². The first-order valence-corrected chi connectivity index (χ1v) is 9.29. The monoisotopic (exact) mass is 306 g/mol. The van der Waals surface area contributed by atoms with Crippen molar-refractivity contribution in [2.75, 3.05) is 18.1 Å². The Morgan fingerprint density at radius 2 is 2.29 bits per heavy atom. The second-order valence-corrected chi connectivity index (χ2v) is 7.69. The van der Waals surface area contributed by atoms with E-state index in [9.17, 15) is 0 Å². The molecule has 0 radical (unpaired) electrons. The smallest absolute Gasteiger partial charge is 0.0701 e. The van der Waals surface area contributed by atoms with E-state index in [1.54, 1.807) is 0 Å². The Bertz CT molecular complexity index is 428. The third-order valence-electron chi connectivity index (χ3n) is 5.03. The Morgan fingerprint density at radius 1 is 1.43 bits per heavy atom. The van der Waals surface area contributed by atoms with Crippen LogP contribution in [0.15, 0.2) is 24.5 Å². The summed E-state index contributed by atoms with van der Waals surface area (Å²) in [7, 11) is 0. The Balaban J connectivity index is 1.53. The van der Waals surface area contributed by atoms with Gasteiger partial charge in [0.1, 0.15) is 0 Å². The van der Waals surface area contributed by atoms with Crippen LogP contribution in [0.2, 0.25) is 0 Å². The van der Waals surface area contributed by atoms with Crippen LogP contribution in [-0.2, 0) is 11.2 Å². The van der Waals surface area contributed by atoms with Gasteiger partial charge in [-0.15, -0.1) is 0 Å². The maximum atomic E-state index is 6.51. The predicted octanol–water partition coefficient (Wildman–Crippen LogP) is 3.03. The summed E-state index contributed by atoms with van der Waals surface area (Å²) < 4.78 is 6.17. The summed E-state index contributed by atoms with van der Waals surface area (Å²) in [5.74, 6) is 3.12. The quantitative estimate of drug-likeness (QED) is 0.929. The molecule has 0 aromatic carbocycles. The second-order valence-electron chi connectivity index (χ2n) is 6.46. The lowest BCUT2D eigenvalue weighted by Gasteiger charge is -2.44. The van der Waals surface area contributed by atoms with Gasteiger partial charge in [0.25, 0.3) is 0 Å². The molecule has 0 amide bonds. The van der Waals surface area contributed by atoms with Gasteiger partial charge in [-0.25, -0.2) is 0 Å². The third-order valence-corrected chi connectivity index (χ3v) is 6.02. The number of hydrogen-bond donors (Lipinski definition) is 1. The number of thioether (sulfide) groups is 1. The van der Waals surface area contributed by atoms with Crippen LogP contribution >= 0.6 is 11.8 Å². The molecule has 0 saturated carbocycles. The minimum Gasteiger partial charge on any atom is -0.375 e. The Labute approximate surface area is 132 Å². The number of nitrogens with zero attached hydrogens (tertiary/aromatic N) is 1. The van der Waals surface area contributed by atoms with E-state index in [0.29, 0.717) is 12.0 Å². The van der Waals surface area contributed by atoms with E-state index in [2.05, 4.69) is 22.8 Å². The maximum absolute atomic E-state index is 6.51. The molecule has 0 aliphatic carbocycles. The number of aryl methyl sites for hydroxylation is 1. The van der Waals surface area contributed by atoms with Crippen molar-refractivity contribution in [2.45, 2.75) is 50.2 Å². The molecule has 2 fully saturated rings. The van der Waals surface area contributed by atoms with E-state index in [4.69, 9.17) is 10.5 Å². The van der Waals surface area contributed by atoms with E-state index in [0.717, 1.165) is 25.9 Å². The number of pyridine rings is 1. The van der Waals surface area contributed by atoms with Crippen molar-refractivity contribution in [3.8, 4) is 0 Å². The first-order chi connectivity index (χ1) is 10.3. The average Bonchev–Trinajstić information content (AvgIpc) is 2.54. The van der Waals surface area contributed by atoms with Crippen LogP contribution in [0.5, 0.6) is 0 Å². The topological polar surface area (TPSA) is 48.1 Å². The van der Waals surface area contributed by atoms with E-state index in [1.807, 2.05) is 18.5 Å². The van der Waals surface area contributed by atoms with Gasteiger partial charge < -0.3 is 10.5 Å². The van der Waals surface area contributed by atoms with Crippen molar-refractivity contribution in [1.82, 2.24) is 4.98 Å². The van der Waals surface area contributed by atoms with Gasteiger partial charge in [-0.2, -0.15) is 11.8 Å². The minimum absolute atomic E-state index is 0.153. The SMILES string of the molecule is NC(CCc1cccnc1)C1CCOC2(CCSCC2)C1. The maximum Gasteiger partial charge on any atom is 0.0701 e. The van der Waals surface area contributed by atoms with Gasteiger partial charge in [-0.3, -0.25) is 4.98 Å². The molecule has 2 aliphatic heterocycles. The number of hydrogen-bond acceptors (Lipinski definition) is 4. The molecule has 116 valence electrons. The van der Waals surface area contributed by atoms with E-state index in [1.165, 1.54) is 36.3 Å². The largest absolute Gasteiger partial charge is 0.375 e. The first kappa shape index (κ1) is 15.3. The fourth-order valence-corrected chi connectivity index (χ4v) is 4.87. The summed E-state index contributed by atoms with van der Waals surface area (Å²) >= 11 is 2.06. The lowest BCUT2D eigenvalue weighted by Crippen LogP contribution is -2.47. The van der Waals surface area contributed by atoms with Gasteiger partial charge in [0.15, 0.2) is 0 Å². The zero-order chi connectivity index (χ0) is 14.5. The van der Waals surface area contributed by atoms with Crippen LogP contribution < -0.4 is 5.73 Å². The van der Waals surface area contributed by atoms with Gasteiger partial charge in [-0.1, -0.05) is 6.07 Å². The molecule has 3 rings (SSSR count). The highest BCUT2D eigenvalue weighted by atomic mass is 32.2. The third kappa shape index (κ3) is 3.99. The summed E-state index contributed by atoms with van der Waals surface area (Å²) in [5.41, 5.74) is 7.95. The highest BCUT2D eigenvalue weighted by molar-refractivity contribution is 7.99. The number of rotatable bonds is 4. The van der Waals surface area contributed by atoms with Crippen LogP contribution in [0.3, 0.4) is 0 Å². The second kappa shape index (κ2) is 7.12. The Hall–Kier alpha value is -0.580. The molecule has 1 aromatic heterocycles. The fourth-order valence-electron chi connectivity index (χ4n) is 3.64. The van der Waals surface area contributed by atoms with Crippen LogP contribution in [0.25, 0.3) is 0 Å². The van der Waals surface area contributed by atoms with Gasteiger partial charge in [0.05, 0.1) is 5.60 Å². The van der Waals surface area contributed by atoms with E-state index >= 15 is 0 Å². The zero-order valence-electron chi connectivity index (χ0n) is 12.7. The van der Waals surface area contributed by atoms with Crippen LogP contribution in [-0.4, -0.2) is 34.7 Å². The highest BCUT2D eigenvalue weighted by Gasteiger charge is 2.40. The van der Waals surface area contributed by atoms with Crippen LogP contribution in [0.1, 0.15) is 37.7 Å². The molecule has 4 heteroatoms. The van der Waals surface area contributed by atoms with Gasteiger partial charge in [0, 0.05) is 25.0 Å². The van der Waals surface area contributed by atoms with Crippen molar-refractivity contribution in [3.05, 3.63) is 30.1 Å². The molecule has 21 heavy (non-hydrogen) atoms. The molecule has 2 aliphatic rings. The number of nitrogens with two attached hydrogens (primary N) is 1. The summed E-state index contributed by atoms with van der Waals surface area (Å²) in [6.07, 6.45) is 10.6.